The number of hydrogen-bond donors (Lipinski definition) is 2. The molecule has 2 heterocycles. The third-order valence-electron chi connectivity index (χ3n) is 3.42. The number of oxazole rings is 1. The van der Waals surface area contributed by atoms with Gasteiger partial charge in [-0.1, -0.05) is 12.1 Å². The molecule has 0 saturated heterocycles. The van der Waals surface area contributed by atoms with E-state index in [1.165, 1.54) is 24.7 Å². The maximum atomic E-state index is 12.3. The van der Waals surface area contributed by atoms with Gasteiger partial charge in [0.1, 0.15) is 23.8 Å². The molecule has 0 fully saturated rings. The molecule has 24 heavy (non-hydrogen) atoms. The summed E-state index contributed by atoms with van der Waals surface area (Å²) in [4.78, 5) is 4.28. The Balaban J connectivity index is 1.70. The van der Waals surface area contributed by atoms with E-state index >= 15 is 0 Å². The minimum Gasteiger partial charge on any atom is -0.467 e. The van der Waals surface area contributed by atoms with Gasteiger partial charge < -0.3 is 13.9 Å². The molecule has 1 atom stereocenters. The molecule has 0 saturated carbocycles. The molecular weight excluding hydrogens is 332 g/mol. The summed E-state index contributed by atoms with van der Waals surface area (Å²) in [6, 6.07) is 9.44. The van der Waals surface area contributed by atoms with E-state index in [1.54, 1.807) is 31.2 Å². The van der Waals surface area contributed by atoms with Crippen LogP contribution in [-0.4, -0.2) is 25.1 Å². The molecule has 3 aromatic rings. The highest BCUT2D eigenvalue weighted by atomic mass is 32.2. The summed E-state index contributed by atoms with van der Waals surface area (Å²) in [6.45, 7) is 1.55. The van der Waals surface area contributed by atoms with Crippen molar-refractivity contribution in [2.24, 2.45) is 0 Å². The second-order valence-corrected chi connectivity index (χ2v) is 6.93. The quantitative estimate of drug-likeness (QED) is 0.708. The van der Waals surface area contributed by atoms with E-state index in [0.717, 1.165) is 5.56 Å². The Morgan fingerprint density at radius 3 is 2.54 bits per heavy atom. The van der Waals surface area contributed by atoms with Gasteiger partial charge in [0.05, 0.1) is 11.2 Å². The van der Waals surface area contributed by atoms with E-state index in [9.17, 15) is 13.5 Å². The molecule has 8 heteroatoms. The van der Waals surface area contributed by atoms with Gasteiger partial charge in [-0.3, -0.25) is 0 Å². The number of aliphatic hydroxyl groups excluding tert-OH is 1. The van der Waals surface area contributed by atoms with Crippen molar-refractivity contribution in [3.63, 3.8) is 0 Å². The summed E-state index contributed by atoms with van der Waals surface area (Å²) >= 11 is 0. The van der Waals surface area contributed by atoms with Gasteiger partial charge in [-0.25, -0.2) is 18.1 Å². The fourth-order valence-electron chi connectivity index (χ4n) is 2.15. The lowest BCUT2D eigenvalue weighted by atomic mass is 10.2. The van der Waals surface area contributed by atoms with Crippen LogP contribution in [0.5, 0.6) is 0 Å². The largest absolute Gasteiger partial charge is 0.467 e. The van der Waals surface area contributed by atoms with Crippen LogP contribution >= 0.6 is 0 Å². The first-order chi connectivity index (χ1) is 11.5. The van der Waals surface area contributed by atoms with Gasteiger partial charge >= 0.3 is 0 Å². The van der Waals surface area contributed by atoms with Crippen LogP contribution < -0.4 is 4.72 Å². The number of hydrogen-bond acceptors (Lipinski definition) is 6. The lowest BCUT2D eigenvalue weighted by Crippen LogP contribution is -2.28. The molecule has 7 nitrogen and oxygen atoms in total. The van der Waals surface area contributed by atoms with E-state index in [0.29, 0.717) is 17.3 Å². The Hall–Kier alpha value is -2.42. The average molecular weight is 348 g/mol. The fourth-order valence-corrected chi connectivity index (χ4v) is 3.19. The van der Waals surface area contributed by atoms with E-state index in [-0.39, 0.29) is 11.4 Å². The molecule has 1 aromatic carbocycles. The molecule has 0 aliphatic heterocycles. The molecule has 0 aliphatic carbocycles. The van der Waals surface area contributed by atoms with Crippen molar-refractivity contribution in [3.8, 4) is 11.3 Å². The van der Waals surface area contributed by atoms with Gasteiger partial charge in [-0.15, -0.1) is 0 Å². The van der Waals surface area contributed by atoms with E-state index in [2.05, 4.69) is 9.71 Å². The molecule has 3 rings (SSSR count). The topological polar surface area (TPSA) is 106 Å². The number of aliphatic hydroxyl groups is 1. The van der Waals surface area contributed by atoms with Gasteiger partial charge in [0.15, 0.2) is 5.89 Å². The van der Waals surface area contributed by atoms with Crippen molar-refractivity contribution in [1.29, 1.82) is 0 Å². The molecule has 2 aromatic heterocycles. The molecule has 0 radical (unpaired) electrons. The normalized spacial score (nSPS) is 13.1. The van der Waals surface area contributed by atoms with Crippen molar-refractivity contribution in [2.45, 2.75) is 17.9 Å². The lowest BCUT2D eigenvalue weighted by Gasteiger charge is -2.10. The van der Waals surface area contributed by atoms with E-state index < -0.39 is 16.1 Å². The predicted octanol–water partition coefficient (Wildman–Crippen LogP) is 2.25. The first kappa shape index (κ1) is 16.4. The third kappa shape index (κ3) is 3.56. The second kappa shape index (κ2) is 6.60. The Bertz CT molecular complexity index is 898. The lowest BCUT2D eigenvalue weighted by molar-refractivity contribution is 0.154. The maximum absolute atomic E-state index is 12.3. The molecular formula is C16H16N2O5S. The fraction of sp³-hybridized carbons (Fsp3) is 0.188. The summed E-state index contributed by atoms with van der Waals surface area (Å²) in [6.07, 6.45) is 1.88. The van der Waals surface area contributed by atoms with Crippen LogP contribution in [0.4, 0.5) is 0 Å². The number of sulfonamides is 1. The van der Waals surface area contributed by atoms with Crippen LogP contribution in [0.1, 0.15) is 17.8 Å². The van der Waals surface area contributed by atoms with Crippen LogP contribution in [0.25, 0.3) is 11.3 Å². The number of rotatable bonds is 6. The summed E-state index contributed by atoms with van der Waals surface area (Å²) in [5.41, 5.74) is 1.39. The van der Waals surface area contributed by atoms with E-state index in [4.69, 9.17) is 8.83 Å². The van der Waals surface area contributed by atoms with Crippen LogP contribution in [0.15, 0.2) is 62.7 Å². The summed E-state index contributed by atoms with van der Waals surface area (Å²) < 4.78 is 37.1. The second-order valence-electron chi connectivity index (χ2n) is 5.16. The SMILES string of the molecule is Cc1nc(-c2ccc(S(=O)(=O)NCC(O)c3ccco3)cc2)co1. The summed E-state index contributed by atoms with van der Waals surface area (Å²) in [5.74, 6) is 0.838. The molecule has 0 amide bonds. The smallest absolute Gasteiger partial charge is 0.240 e. The zero-order valence-electron chi connectivity index (χ0n) is 12.8. The minimum atomic E-state index is -3.74. The van der Waals surface area contributed by atoms with Gasteiger partial charge in [-0.2, -0.15) is 0 Å². The zero-order valence-corrected chi connectivity index (χ0v) is 13.7. The van der Waals surface area contributed by atoms with Gasteiger partial charge in [0.25, 0.3) is 0 Å². The van der Waals surface area contributed by atoms with Crippen molar-refractivity contribution in [3.05, 3.63) is 60.6 Å². The maximum Gasteiger partial charge on any atom is 0.240 e. The number of furan rings is 1. The monoisotopic (exact) mass is 348 g/mol. The first-order valence-electron chi connectivity index (χ1n) is 7.19. The van der Waals surface area contributed by atoms with Crippen molar-refractivity contribution >= 4 is 10.0 Å². The highest BCUT2D eigenvalue weighted by molar-refractivity contribution is 7.89. The number of benzene rings is 1. The summed E-state index contributed by atoms with van der Waals surface area (Å²) in [5, 5.41) is 9.88. The van der Waals surface area contributed by atoms with Crippen LogP contribution in [0.3, 0.4) is 0 Å². The first-order valence-corrected chi connectivity index (χ1v) is 8.68. The molecule has 1 unspecified atom stereocenters. The van der Waals surface area contributed by atoms with Crippen molar-refractivity contribution in [2.75, 3.05) is 6.54 Å². The Labute approximate surface area is 139 Å². The molecule has 126 valence electrons. The predicted molar refractivity (Wildman–Crippen MR) is 85.5 cm³/mol. The molecule has 0 aliphatic rings. The Kier molecular flexibility index (Phi) is 4.52. The van der Waals surface area contributed by atoms with Gasteiger partial charge in [0.2, 0.25) is 10.0 Å². The Morgan fingerprint density at radius 1 is 1.21 bits per heavy atom. The third-order valence-corrected chi connectivity index (χ3v) is 4.86. The number of aryl methyl sites for hydroxylation is 1. The zero-order chi connectivity index (χ0) is 17.2. The molecule has 2 N–H and O–H groups in total. The van der Waals surface area contributed by atoms with Crippen LogP contribution in [0.2, 0.25) is 0 Å². The van der Waals surface area contributed by atoms with Gasteiger partial charge in [-0.05, 0) is 24.3 Å². The number of nitrogens with one attached hydrogen (secondary N) is 1. The molecule has 0 bridgehead atoms. The van der Waals surface area contributed by atoms with Crippen LogP contribution in [-0.2, 0) is 10.0 Å². The highest BCUT2D eigenvalue weighted by Gasteiger charge is 2.18. The van der Waals surface area contributed by atoms with Crippen molar-refractivity contribution in [1.82, 2.24) is 9.71 Å². The number of aromatic nitrogens is 1. The van der Waals surface area contributed by atoms with E-state index in [1.807, 2.05) is 0 Å². The number of nitrogens with zero attached hydrogens (tertiary/aromatic N) is 1. The average Bonchev–Trinajstić information content (AvgIpc) is 3.24. The van der Waals surface area contributed by atoms with Gasteiger partial charge in [0, 0.05) is 19.0 Å². The van der Waals surface area contributed by atoms with Crippen LogP contribution in [0, 0.1) is 6.92 Å². The Morgan fingerprint density at radius 2 is 1.96 bits per heavy atom. The molecule has 0 spiro atoms. The highest BCUT2D eigenvalue weighted by Crippen LogP contribution is 2.21. The minimum absolute atomic E-state index is 0.0955. The van der Waals surface area contributed by atoms with Crippen molar-refractivity contribution < 1.29 is 22.4 Å². The summed E-state index contributed by atoms with van der Waals surface area (Å²) in [7, 11) is -3.74. The standard InChI is InChI=1S/C16H16N2O5S/c1-11-18-14(10-23-11)12-4-6-13(7-5-12)24(20,21)17-9-15(19)16-3-2-8-22-16/h2-8,10,15,17,19H,9H2,1H3.